The van der Waals surface area contributed by atoms with Crippen LogP contribution in [0.1, 0.15) is 25.3 Å². The minimum atomic E-state index is -0.142. The van der Waals surface area contributed by atoms with Gasteiger partial charge in [-0.25, -0.2) is 4.39 Å². The third kappa shape index (κ3) is 0.986. The summed E-state index contributed by atoms with van der Waals surface area (Å²) in [6, 6.07) is 5.35. The monoisotopic (exact) mass is 165 g/mol. The van der Waals surface area contributed by atoms with E-state index >= 15 is 0 Å². The van der Waals surface area contributed by atoms with Gasteiger partial charge in [0.2, 0.25) is 0 Å². The molecule has 0 aliphatic carbocycles. The molecule has 2 unspecified atom stereocenters. The fraction of sp³-hybridized carbons (Fsp3) is 0.400. The van der Waals surface area contributed by atoms with Gasteiger partial charge in [-0.1, -0.05) is 6.92 Å². The Labute approximate surface area is 71.6 Å². The van der Waals surface area contributed by atoms with Crippen LogP contribution in [0, 0.1) is 5.82 Å². The fourth-order valence-electron chi connectivity index (χ4n) is 1.68. The summed E-state index contributed by atoms with van der Waals surface area (Å²) in [5.74, 6) is 0.271. The Morgan fingerprint density at radius 2 is 2.08 bits per heavy atom. The summed E-state index contributed by atoms with van der Waals surface area (Å²) in [4.78, 5) is 0. The lowest BCUT2D eigenvalue weighted by atomic mass is 9.98. The second-order valence-electron chi connectivity index (χ2n) is 3.45. The molecule has 0 saturated carbocycles. The average molecular weight is 165 g/mol. The molecule has 12 heavy (non-hydrogen) atoms. The summed E-state index contributed by atoms with van der Waals surface area (Å²) in [6.45, 7) is 4.23. The zero-order chi connectivity index (χ0) is 8.72. The Bertz CT molecular complexity index is 309. The van der Waals surface area contributed by atoms with Gasteiger partial charge in [0.1, 0.15) is 5.82 Å². The minimum absolute atomic E-state index is 0.142. The normalized spacial score (nSPS) is 26.6. The molecule has 0 aromatic heterocycles. The highest BCUT2D eigenvalue weighted by atomic mass is 19.1. The number of rotatable bonds is 0. The number of nitrogens with one attached hydrogen (secondary N) is 1. The predicted molar refractivity (Wildman–Crippen MR) is 47.9 cm³/mol. The quantitative estimate of drug-likeness (QED) is 0.623. The van der Waals surface area contributed by atoms with Crippen LogP contribution >= 0.6 is 0 Å². The molecule has 1 aliphatic heterocycles. The Morgan fingerprint density at radius 1 is 1.33 bits per heavy atom. The molecule has 2 heteroatoms. The maximum Gasteiger partial charge on any atom is 0.123 e. The van der Waals surface area contributed by atoms with Crippen molar-refractivity contribution in [3.8, 4) is 0 Å². The lowest BCUT2D eigenvalue weighted by Gasteiger charge is -2.08. The second kappa shape index (κ2) is 2.47. The van der Waals surface area contributed by atoms with E-state index in [-0.39, 0.29) is 5.82 Å². The van der Waals surface area contributed by atoms with Crippen molar-refractivity contribution in [1.29, 1.82) is 0 Å². The summed E-state index contributed by atoms with van der Waals surface area (Å²) >= 11 is 0. The number of halogens is 1. The van der Waals surface area contributed by atoms with Crippen LogP contribution in [0.5, 0.6) is 0 Å². The van der Waals surface area contributed by atoms with Gasteiger partial charge in [-0.15, -0.1) is 0 Å². The topological polar surface area (TPSA) is 12.0 Å². The average Bonchev–Trinajstić information content (AvgIpc) is 2.31. The summed E-state index contributed by atoms with van der Waals surface area (Å²) in [6.07, 6.45) is 0. The largest absolute Gasteiger partial charge is 0.382 e. The van der Waals surface area contributed by atoms with E-state index in [0.717, 1.165) is 11.3 Å². The summed E-state index contributed by atoms with van der Waals surface area (Å²) in [5, 5.41) is 3.31. The van der Waals surface area contributed by atoms with Gasteiger partial charge in [-0.2, -0.15) is 0 Å². The molecule has 1 nitrogen and oxygen atoms in total. The Morgan fingerprint density at radius 3 is 2.83 bits per heavy atom. The molecular formula is C10H12FN. The van der Waals surface area contributed by atoms with Crippen LogP contribution in [0.15, 0.2) is 18.2 Å². The molecule has 1 aromatic rings. The SMILES string of the molecule is CC1Nc2ccc(F)cc2C1C. The van der Waals surface area contributed by atoms with E-state index in [4.69, 9.17) is 0 Å². The van der Waals surface area contributed by atoms with Crippen LogP contribution < -0.4 is 5.32 Å². The summed E-state index contributed by atoms with van der Waals surface area (Å²) < 4.78 is 12.8. The Kier molecular flexibility index (Phi) is 1.56. The van der Waals surface area contributed by atoms with Crippen molar-refractivity contribution in [1.82, 2.24) is 0 Å². The molecule has 0 bridgehead atoms. The molecule has 0 spiro atoms. The predicted octanol–water partition coefficient (Wildman–Crippen LogP) is 2.74. The molecular weight excluding hydrogens is 153 g/mol. The van der Waals surface area contributed by atoms with Gasteiger partial charge in [0, 0.05) is 17.6 Å². The highest BCUT2D eigenvalue weighted by Crippen LogP contribution is 2.35. The number of benzene rings is 1. The summed E-state index contributed by atoms with van der Waals surface area (Å²) in [5.41, 5.74) is 2.18. The van der Waals surface area contributed by atoms with Crippen LogP contribution in [0.4, 0.5) is 10.1 Å². The first kappa shape index (κ1) is 7.59. The number of hydrogen-bond acceptors (Lipinski definition) is 1. The minimum Gasteiger partial charge on any atom is -0.382 e. The van der Waals surface area contributed by atoms with E-state index in [1.165, 1.54) is 6.07 Å². The van der Waals surface area contributed by atoms with Gasteiger partial charge in [0.15, 0.2) is 0 Å². The molecule has 64 valence electrons. The van der Waals surface area contributed by atoms with Gasteiger partial charge in [0.25, 0.3) is 0 Å². The molecule has 1 N–H and O–H groups in total. The lowest BCUT2D eigenvalue weighted by molar-refractivity contribution is 0.621. The molecule has 1 heterocycles. The van der Waals surface area contributed by atoms with Crippen molar-refractivity contribution >= 4 is 5.69 Å². The standard InChI is InChI=1S/C10H12FN/c1-6-7(2)12-10-4-3-8(11)5-9(6)10/h3-7,12H,1-2H3. The Hall–Kier alpha value is -1.05. The summed E-state index contributed by atoms with van der Waals surface area (Å²) in [7, 11) is 0. The van der Waals surface area contributed by atoms with Crippen molar-refractivity contribution in [2.24, 2.45) is 0 Å². The Balaban J connectivity index is 2.48. The maximum absolute atomic E-state index is 12.8. The van der Waals surface area contributed by atoms with Crippen molar-refractivity contribution in [2.45, 2.75) is 25.8 Å². The van der Waals surface area contributed by atoms with Gasteiger partial charge < -0.3 is 5.32 Å². The highest BCUT2D eigenvalue weighted by molar-refractivity contribution is 5.58. The second-order valence-corrected chi connectivity index (χ2v) is 3.45. The van der Waals surface area contributed by atoms with Crippen LogP contribution in [-0.2, 0) is 0 Å². The smallest absolute Gasteiger partial charge is 0.123 e. The zero-order valence-corrected chi connectivity index (χ0v) is 7.26. The lowest BCUT2D eigenvalue weighted by Crippen LogP contribution is -2.12. The first-order valence-corrected chi connectivity index (χ1v) is 4.24. The van der Waals surface area contributed by atoms with E-state index < -0.39 is 0 Å². The van der Waals surface area contributed by atoms with E-state index in [0.29, 0.717) is 12.0 Å². The van der Waals surface area contributed by atoms with Crippen molar-refractivity contribution in [3.63, 3.8) is 0 Å². The first-order chi connectivity index (χ1) is 5.68. The molecule has 0 radical (unpaired) electrons. The molecule has 2 atom stereocenters. The van der Waals surface area contributed by atoms with Crippen molar-refractivity contribution in [3.05, 3.63) is 29.6 Å². The first-order valence-electron chi connectivity index (χ1n) is 4.24. The third-order valence-electron chi connectivity index (χ3n) is 2.64. The molecule has 2 rings (SSSR count). The molecule has 0 amide bonds. The van der Waals surface area contributed by atoms with Gasteiger partial charge in [-0.3, -0.25) is 0 Å². The number of anilines is 1. The van der Waals surface area contributed by atoms with Gasteiger partial charge in [-0.05, 0) is 30.7 Å². The number of fused-ring (bicyclic) bond motifs is 1. The van der Waals surface area contributed by atoms with Crippen LogP contribution in [0.25, 0.3) is 0 Å². The van der Waals surface area contributed by atoms with Crippen molar-refractivity contribution in [2.75, 3.05) is 5.32 Å². The van der Waals surface area contributed by atoms with Gasteiger partial charge >= 0.3 is 0 Å². The van der Waals surface area contributed by atoms with E-state index in [2.05, 4.69) is 19.2 Å². The number of hydrogen-bond donors (Lipinski definition) is 1. The van der Waals surface area contributed by atoms with Crippen LogP contribution in [0.2, 0.25) is 0 Å². The van der Waals surface area contributed by atoms with Gasteiger partial charge in [0.05, 0.1) is 0 Å². The maximum atomic E-state index is 12.8. The van der Waals surface area contributed by atoms with Crippen LogP contribution in [0.3, 0.4) is 0 Å². The highest BCUT2D eigenvalue weighted by Gasteiger charge is 2.24. The van der Waals surface area contributed by atoms with E-state index in [9.17, 15) is 4.39 Å². The van der Waals surface area contributed by atoms with E-state index in [1.54, 1.807) is 6.07 Å². The third-order valence-corrected chi connectivity index (χ3v) is 2.64. The fourth-order valence-corrected chi connectivity index (χ4v) is 1.68. The molecule has 0 fully saturated rings. The molecule has 0 saturated heterocycles. The van der Waals surface area contributed by atoms with Crippen LogP contribution in [-0.4, -0.2) is 6.04 Å². The van der Waals surface area contributed by atoms with Crippen molar-refractivity contribution < 1.29 is 4.39 Å². The van der Waals surface area contributed by atoms with E-state index in [1.807, 2.05) is 6.07 Å². The zero-order valence-electron chi connectivity index (χ0n) is 7.26. The molecule has 1 aliphatic rings. The molecule has 1 aromatic carbocycles.